The number of nitriles is 1. The SMILES string of the molecule is CCC(C)(NCCCC(C)(C)C#N)C(=O)O. The Kier molecular flexibility index (Phi) is 5.46. The fourth-order valence-electron chi connectivity index (χ4n) is 1.30. The van der Waals surface area contributed by atoms with Crippen molar-refractivity contribution in [1.29, 1.82) is 5.26 Å². The molecule has 4 heteroatoms. The summed E-state index contributed by atoms with van der Waals surface area (Å²) in [5, 5.41) is 20.9. The van der Waals surface area contributed by atoms with Crippen molar-refractivity contribution in [3.05, 3.63) is 0 Å². The minimum Gasteiger partial charge on any atom is -0.480 e. The van der Waals surface area contributed by atoms with Crippen molar-refractivity contribution in [2.24, 2.45) is 5.41 Å². The number of carboxylic acids is 1. The minimum atomic E-state index is -0.850. The van der Waals surface area contributed by atoms with Crippen molar-refractivity contribution in [3.63, 3.8) is 0 Å². The molecule has 0 rings (SSSR count). The second-order valence-corrected chi connectivity index (χ2v) is 5.02. The summed E-state index contributed by atoms with van der Waals surface area (Å²) in [5.41, 5.74) is -1.18. The highest BCUT2D eigenvalue weighted by Gasteiger charge is 2.30. The summed E-state index contributed by atoms with van der Waals surface area (Å²) in [5.74, 6) is -0.824. The van der Waals surface area contributed by atoms with Gasteiger partial charge in [-0.1, -0.05) is 6.92 Å². The number of rotatable bonds is 7. The average Bonchev–Trinajstić information content (AvgIpc) is 2.24. The van der Waals surface area contributed by atoms with Gasteiger partial charge in [-0.2, -0.15) is 5.26 Å². The van der Waals surface area contributed by atoms with Gasteiger partial charge in [-0.3, -0.25) is 4.79 Å². The predicted molar refractivity (Wildman–Crippen MR) is 63.0 cm³/mol. The zero-order valence-corrected chi connectivity index (χ0v) is 10.6. The van der Waals surface area contributed by atoms with Gasteiger partial charge >= 0.3 is 5.97 Å². The van der Waals surface area contributed by atoms with Gasteiger partial charge in [0.2, 0.25) is 0 Å². The highest BCUT2D eigenvalue weighted by Crippen LogP contribution is 2.20. The lowest BCUT2D eigenvalue weighted by molar-refractivity contribution is -0.144. The third-order valence-corrected chi connectivity index (χ3v) is 2.98. The smallest absolute Gasteiger partial charge is 0.323 e. The van der Waals surface area contributed by atoms with E-state index in [-0.39, 0.29) is 5.41 Å². The zero-order valence-electron chi connectivity index (χ0n) is 10.6. The molecule has 0 spiro atoms. The number of hydrogen-bond acceptors (Lipinski definition) is 3. The van der Waals surface area contributed by atoms with Crippen LogP contribution in [-0.2, 0) is 4.79 Å². The quantitative estimate of drug-likeness (QED) is 0.652. The molecule has 1 unspecified atom stereocenters. The first-order chi connectivity index (χ1) is 7.27. The Labute approximate surface area is 97.7 Å². The molecule has 0 saturated heterocycles. The molecule has 0 fully saturated rings. The number of carbonyl (C=O) groups is 1. The molecular formula is C12H22N2O2. The van der Waals surface area contributed by atoms with E-state index in [9.17, 15) is 4.79 Å². The van der Waals surface area contributed by atoms with Gasteiger partial charge < -0.3 is 10.4 Å². The van der Waals surface area contributed by atoms with Crippen LogP contribution in [0.25, 0.3) is 0 Å². The molecule has 16 heavy (non-hydrogen) atoms. The van der Waals surface area contributed by atoms with Crippen LogP contribution in [0.15, 0.2) is 0 Å². The number of nitrogens with one attached hydrogen (secondary N) is 1. The molecule has 1 atom stereocenters. The fourth-order valence-corrected chi connectivity index (χ4v) is 1.30. The zero-order chi connectivity index (χ0) is 12.8. The summed E-state index contributed by atoms with van der Waals surface area (Å²) in [7, 11) is 0. The Morgan fingerprint density at radius 1 is 1.44 bits per heavy atom. The van der Waals surface area contributed by atoms with Crippen molar-refractivity contribution in [2.75, 3.05) is 6.54 Å². The van der Waals surface area contributed by atoms with Crippen LogP contribution in [0.5, 0.6) is 0 Å². The number of hydrogen-bond donors (Lipinski definition) is 2. The number of nitrogens with zero attached hydrogens (tertiary/aromatic N) is 1. The van der Waals surface area contributed by atoms with Crippen molar-refractivity contribution >= 4 is 5.97 Å². The molecule has 2 N–H and O–H groups in total. The molecule has 0 aliphatic carbocycles. The largest absolute Gasteiger partial charge is 0.480 e. The Morgan fingerprint density at radius 3 is 2.38 bits per heavy atom. The van der Waals surface area contributed by atoms with Gasteiger partial charge in [0.1, 0.15) is 5.54 Å². The van der Waals surface area contributed by atoms with Crippen LogP contribution < -0.4 is 5.32 Å². The molecule has 0 aliphatic heterocycles. The highest BCUT2D eigenvalue weighted by atomic mass is 16.4. The second kappa shape index (κ2) is 5.86. The summed E-state index contributed by atoms with van der Waals surface area (Å²) in [6, 6.07) is 2.23. The van der Waals surface area contributed by atoms with Gasteiger partial charge in [-0.25, -0.2) is 0 Å². The molecule has 0 saturated carbocycles. The van der Waals surface area contributed by atoms with Crippen molar-refractivity contribution in [2.45, 2.75) is 52.5 Å². The predicted octanol–water partition coefficient (Wildman–Crippen LogP) is 2.16. The molecular weight excluding hydrogens is 204 g/mol. The van der Waals surface area contributed by atoms with E-state index < -0.39 is 11.5 Å². The number of aliphatic carboxylic acids is 1. The third-order valence-electron chi connectivity index (χ3n) is 2.98. The Balaban J connectivity index is 4.00. The molecule has 0 aliphatic rings. The molecule has 92 valence electrons. The Bertz CT molecular complexity index is 281. The first-order valence-corrected chi connectivity index (χ1v) is 5.67. The van der Waals surface area contributed by atoms with Crippen LogP contribution in [0.2, 0.25) is 0 Å². The second-order valence-electron chi connectivity index (χ2n) is 5.02. The third kappa shape index (κ3) is 4.63. The van der Waals surface area contributed by atoms with E-state index in [0.717, 1.165) is 12.8 Å². The van der Waals surface area contributed by atoms with Crippen LogP contribution >= 0.6 is 0 Å². The summed E-state index contributed by atoms with van der Waals surface area (Å²) in [6.07, 6.45) is 2.13. The molecule has 0 aromatic carbocycles. The molecule has 0 bridgehead atoms. The van der Waals surface area contributed by atoms with E-state index in [4.69, 9.17) is 10.4 Å². The van der Waals surface area contributed by atoms with Crippen LogP contribution in [0.3, 0.4) is 0 Å². The fraction of sp³-hybridized carbons (Fsp3) is 0.833. The topological polar surface area (TPSA) is 73.1 Å². The maximum absolute atomic E-state index is 11.0. The van der Waals surface area contributed by atoms with Crippen LogP contribution in [-0.4, -0.2) is 23.2 Å². The number of carboxylic acid groups (broad SMARTS) is 1. The van der Waals surface area contributed by atoms with Crippen molar-refractivity contribution < 1.29 is 9.90 Å². The van der Waals surface area contributed by atoms with E-state index in [1.807, 2.05) is 20.8 Å². The van der Waals surface area contributed by atoms with E-state index in [2.05, 4.69) is 11.4 Å². The van der Waals surface area contributed by atoms with E-state index in [0.29, 0.717) is 13.0 Å². The summed E-state index contributed by atoms with van der Waals surface area (Å²) in [6.45, 7) is 7.94. The monoisotopic (exact) mass is 226 g/mol. The van der Waals surface area contributed by atoms with Gasteiger partial charge in [0, 0.05) is 0 Å². The van der Waals surface area contributed by atoms with Crippen LogP contribution in [0.1, 0.15) is 47.0 Å². The molecule has 0 amide bonds. The Hall–Kier alpha value is -1.08. The first kappa shape index (κ1) is 14.9. The van der Waals surface area contributed by atoms with Gasteiger partial charge in [0.25, 0.3) is 0 Å². The van der Waals surface area contributed by atoms with Crippen molar-refractivity contribution in [3.8, 4) is 6.07 Å². The lowest BCUT2D eigenvalue weighted by Crippen LogP contribution is -2.49. The van der Waals surface area contributed by atoms with Gasteiger partial charge in [0.05, 0.1) is 11.5 Å². The Morgan fingerprint density at radius 2 is 2.00 bits per heavy atom. The molecule has 0 aromatic heterocycles. The van der Waals surface area contributed by atoms with Crippen LogP contribution in [0, 0.1) is 16.7 Å². The molecule has 0 radical (unpaired) electrons. The normalized spacial score (nSPS) is 15.2. The molecule has 0 aromatic rings. The van der Waals surface area contributed by atoms with Crippen molar-refractivity contribution in [1.82, 2.24) is 5.32 Å². The summed E-state index contributed by atoms with van der Waals surface area (Å²) >= 11 is 0. The van der Waals surface area contributed by atoms with E-state index >= 15 is 0 Å². The molecule has 0 heterocycles. The summed E-state index contributed by atoms with van der Waals surface area (Å²) < 4.78 is 0. The first-order valence-electron chi connectivity index (χ1n) is 5.67. The standard InChI is InChI=1S/C12H22N2O2/c1-5-12(4,10(15)16)14-8-6-7-11(2,3)9-13/h14H,5-8H2,1-4H3,(H,15,16). The molecule has 4 nitrogen and oxygen atoms in total. The highest BCUT2D eigenvalue weighted by molar-refractivity contribution is 5.78. The van der Waals surface area contributed by atoms with Gasteiger partial charge in [-0.05, 0) is 46.6 Å². The van der Waals surface area contributed by atoms with Gasteiger partial charge in [-0.15, -0.1) is 0 Å². The van der Waals surface area contributed by atoms with Gasteiger partial charge in [0.15, 0.2) is 0 Å². The average molecular weight is 226 g/mol. The van der Waals surface area contributed by atoms with E-state index in [1.165, 1.54) is 0 Å². The van der Waals surface area contributed by atoms with E-state index in [1.54, 1.807) is 6.92 Å². The minimum absolute atomic E-state index is 0.326. The van der Waals surface area contributed by atoms with Crippen LogP contribution in [0.4, 0.5) is 0 Å². The summed E-state index contributed by atoms with van der Waals surface area (Å²) in [4.78, 5) is 11.0. The maximum Gasteiger partial charge on any atom is 0.323 e. The maximum atomic E-state index is 11.0. The lowest BCUT2D eigenvalue weighted by Gasteiger charge is -2.25. The lowest BCUT2D eigenvalue weighted by atomic mass is 9.89.